The summed E-state index contributed by atoms with van der Waals surface area (Å²) >= 11 is 5.83. The number of likely N-dealkylation sites (N-methyl/N-ethyl adjacent to an activating group) is 1. The van der Waals surface area contributed by atoms with Crippen molar-refractivity contribution in [3.8, 4) is 0 Å². The van der Waals surface area contributed by atoms with E-state index >= 15 is 0 Å². The van der Waals surface area contributed by atoms with Crippen LogP contribution in [0.4, 0.5) is 5.69 Å². The highest BCUT2D eigenvalue weighted by molar-refractivity contribution is 7.80. The number of fused-ring (bicyclic) bond motifs is 1. The molecule has 37 heavy (non-hydrogen) atoms. The number of thiocarbonyl (C=S) groups is 1. The number of nitrogens with zero attached hydrogens (tertiary/aromatic N) is 1. The summed E-state index contributed by atoms with van der Waals surface area (Å²) in [4.78, 5) is 28.4. The molecule has 6 heteroatoms. The highest BCUT2D eigenvalue weighted by atomic mass is 32.1. The van der Waals surface area contributed by atoms with Gasteiger partial charge in [0.05, 0.1) is 18.6 Å². The summed E-state index contributed by atoms with van der Waals surface area (Å²) in [6.07, 6.45) is 0.492. The van der Waals surface area contributed by atoms with E-state index in [2.05, 4.69) is 23.5 Å². The number of benzene rings is 4. The molecule has 0 fully saturated rings. The van der Waals surface area contributed by atoms with E-state index < -0.39 is 11.5 Å². The molecule has 0 aliphatic heterocycles. The molecular weight excluding hydrogens is 480 g/mol. The second-order valence-electron chi connectivity index (χ2n) is 9.14. The molecule has 4 aromatic rings. The van der Waals surface area contributed by atoms with E-state index in [1.807, 2.05) is 72.6 Å². The lowest BCUT2D eigenvalue weighted by Crippen LogP contribution is -2.57. The Kier molecular flexibility index (Phi) is 8.31. The Hall–Kier alpha value is -4.03. The number of anilines is 1. The fourth-order valence-electron chi connectivity index (χ4n) is 4.35. The van der Waals surface area contributed by atoms with Crippen LogP contribution in [0.1, 0.15) is 29.3 Å². The normalized spacial score (nSPS) is 12.4. The van der Waals surface area contributed by atoms with E-state index in [1.54, 1.807) is 31.2 Å². The number of hydrogen-bond donors (Lipinski definition) is 1. The van der Waals surface area contributed by atoms with Gasteiger partial charge in [-0.2, -0.15) is 0 Å². The second-order valence-corrected chi connectivity index (χ2v) is 9.52. The van der Waals surface area contributed by atoms with Crippen molar-refractivity contribution in [3.05, 3.63) is 114 Å². The molecule has 188 valence electrons. The number of carbonyl (C=O) groups excluding carboxylic acids is 2. The van der Waals surface area contributed by atoms with Gasteiger partial charge in [0, 0.05) is 24.7 Å². The molecule has 0 aliphatic rings. The van der Waals surface area contributed by atoms with Crippen molar-refractivity contribution in [2.75, 3.05) is 18.6 Å². The maximum Gasteiger partial charge on any atom is 0.308 e. The van der Waals surface area contributed by atoms with E-state index in [1.165, 1.54) is 0 Å². The zero-order chi connectivity index (χ0) is 26.3. The largest absolute Gasteiger partial charge is 0.465 e. The Balaban J connectivity index is 1.48. The minimum absolute atomic E-state index is 0.100. The van der Waals surface area contributed by atoms with E-state index in [0.717, 1.165) is 22.0 Å². The van der Waals surface area contributed by atoms with Gasteiger partial charge in [-0.05, 0) is 47.5 Å². The molecule has 5 nitrogen and oxygen atoms in total. The molecule has 4 aromatic carbocycles. The van der Waals surface area contributed by atoms with Crippen LogP contribution in [-0.2, 0) is 16.0 Å². The third kappa shape index (κ3) is 6.40. The summed E-state index contributed by atoms with van der Waals surface area (Å²) in [5.74, 6) is -0.740. The molecule has 1 atom stereocenters. The predicted octanol–water partition coefficient (Wildman–Crippen LogP) is 5.97. The number of nitrogens with one attached hydrogen (secondary N) is 1. The smallest absolute Gasteiger partial charge is 0.308 e. The molecule has 1 N–H and O–H groups in total. The first-order valence-electron chi connectivity index (χ1n) is 12.2. The fraction of sp³-hybridized carbons (Fsp3) is 0.194. The highest BCUT2D eigenvalue weighted by Crippen LogP contribution is 2.23. The number of ether oxygens (including phenoxy) is 1. The summed E-state index contributed by atoms with van der Waals surface area (Å²) in [6.45, 7) is 2.00. The van der Waals surface area contributed by atoms with Crippen LogP contribution in [0.5, 0.6) is 0 Å². The number of carbonyl (C=O) groups is 2. The molecule has 4 rings (SSSR count). The van der Waals surface area contributed by atoms with E-state index in [9.17, 15) is 9.59 Å². The van der Waals surface area contributed by atoms with Crippen molar-refractivity contribution in [3.63, 3.8) is 0 Å². The van der Waals surface area contributed by atoms with Crippen molar-refractivity contribution in [1.82, 2.24) is 5.32 Å². The van der Waals surface area contributed by atoms with Crippen LogP contribution in [0.3, 0.4) is 0 Å². The van der Waals surface area contributed by atoms with E-state index in [0.29, 0.717) is 17.0 Å². The average molecular weight is 511 g/mol. The first-order chi connectivity index (χ1) is 17.9. The Morgan fingerprint density at radius 2 is 1.49 bits per heavy atom. The molecule has 0 aromatic heterocycles. The van der Waals surface area contributed by atoms with Gasteiger partial charge in [0.2, 0.25) is 0 Å². The SMILES string of the molecule is CN(C(=S)C(C)(CC(=O)OCCc1cccc2ccccc12)NC(=O)c1ccccc1)c1ccccc1. The maximum atomic E-state index is 13.1. The molecule has 0 spiro atoms. The first-order valence-corrected chi connectivity index (χ1v) is 12.6. The highest BCUT2D eigenvalue weighted by Gasteiger charge is 2.37. The quantitative estimate of drug-likeness (QED) is 0.222. The van der Waals surface area contributed by atoms with Gasteiger partial charge in [0.15, 0.2) is 0 Å². The van der Waals surface area contributed by atoms with Crippen molar-refractivity contribution in [1.29, 1.82) is 0 Å². The van der Waals surface area contributed by atoms with Crippen LogP contribution in [0.15, 0.2) is 103 Å². The number of amides is 1. The molecule has 0 radical (unpaired) electrons. The zero-order valence-corrected chi connectivity index (χ0v) is 21.8. The fourth-order valence-corrected chi connectivity index (χ4v) is 4.58. The summed E-state index contributed by atoms with van der Waals surface area (Å²) < 4.78 is 5.65. The average Bonchev–Trinajstić information content (AvgIpc) is 2.93. The molecule has 0 aliphatic carbocycles. The van der Waals surface area contributed by atoms with Crippen LogP contribution in [0, 0.1) is 0 Å². The second kappa shape index (κ2) is 11.8. The standard InChI is InChI=1S/C31H30N2O3S/c1-31(32-29(35)25-13-5-3-6-14-25,30(37)33(2)26-17-7-4-8-18-26)22-28(34)36-21-20-24-16-11-15-23-12-9-10-19-27(23)24/h3-19H,20-22H2,1-2H3,(H,32,35). The van der Waals surface area contributed by atoms with E-state index in [4.69, 9.17) is 17.0 Å². The predicted molar refractivity (Wildman–Crippen MR) is 153 cm³/mol. The van der Waals surface area contributed by atoms with Gasteiger partial charge in [0.1, 0.15) is 4.99 Å². The summed E-state index contributed by atoms with van der Waals surface area (Å²) in [6, 6.07) is 32.7. The molecular formula is C31H30N2O3S. The van der Waals surface area contributed by atoms with Crippen LogP contribution >= 0.6 is 12.2 Å². The van der Waals surface area contributed by atoms with Gasteiger partial charge in [-0.25, -0.2) is 0 Å². The maximum absolute atomic E-state index is 13.1. The number of esters is 1. The Morgan fingerprint density at radius 3 is 2.22 bits per heavy atom. The Bertz CT molecular complexity index is 1390. The lowest BCUT2D eigenvalue weighted by atomic mass is 9.95. The van der Waals surface area contributed by atoms with Gasteiger partial charge in [-0.15, -0.1) is 0 Å². The third-order valence-corrected chi connectivity index (χ3v) is 7.08. The zero-order valence-electron chi connectivity index (χ0n) is 21.0. The monoisotopic (exact) mass is 510 g/mol. The third-order valence-electron chi connectivity index (χ3n) is 6.36. The van der Waals surface area contributed by atoms with Crippen molar-refractivity contribution >= 4 is 45.5 Å². The summed E-state index contributed by atoms with van der Waals surface area (Å²) in [5, 5.41) is 5.30. The lowest BCUT2D eigenvalue weighted by Gasteiger charge is -2.36. The molecule has 1 unspecified atom stereocenters. The van der Waals surface area contributed by atoms with Gasteiger partial charge in [-0.3, -0.25) is 9.59 Å². The first kappa shape index (κ1) is 26.0. The van der Waals surface area contributed by atoms with Crippen LogP contribution in [0.25, 0.3) is 10.8 Å². The van der Waals surface area contributed by atoms with Gasteiger partial charge in [-0.1, -0.05) is 91.1 Å². The van der Waals surface area contributed by atoms with Crippen molar-refractivity contribution in [2.24, 2.45) is 0 Å². The van der Waals surface area contributed by atoms with Crippen LogP contribution in [-0.4, -0.2) is 36.1 Å². The summed E-state index contributed by atoms with van der Waals surface area (Å²) in [5.41, 5.74) is 1.31. The van der Waals surface area contributed by atoms with Gasteiger partial charge in [0.25, 0.3) is 5.91 Å². The minimum atomic E-state index is -1.15. The van der Waals surface area contributed by atoms with Gasteiger partial charge < -0.3 is 15.0 Å². The minimum Gasteiger partial charge on any atom is -0.465 e. The summed E-state index contributed by atoms with van der Waals surface area (Å²) in [7, 11) is 1.83. The topological polar surface area (TPSA) is 58.6 Å². The molecule has 0 saturated carbocycles. The number of hydrogen-bond acceptors (Lipinski definition) is 4. The number of para-hydroxylation sites is 1. The lowest BCUT2D eigenvalue weighted by molar-refractivity contribution is -0.144. The molecule has 1 amide bonds. The molecule has 0 heterocycles. The number of rotatable bonds is 9. The molecule has 0 bridgehead atoms. The van der Waals surface area contributed by atoms with Crippen molar-refractivity contribution in [2.45, 2.75) is 25.3 Å². The van der Waals surface area contributed by atoms with Crippen molar-refractivity contribution < 1.29 is 14.3 Å². The van der Waals surface area contributed by atoms with E-state index in [-0.39, 0.29) is 18.9 Å². The van der Waals surface area contributed by atoms with Gasteiger partial charge >= 0.3 is 5.97 Å². The Labute approximate surface area is 223 Å². The van der Waals surface area contributed by atoms with Crippen LogP contribution < -0.4 is 10.2 Å². The van der Waals surface area contributed by atoms with Crippen LogP contribution in [0.2, 0.25) is 0 Å². The Morgan fingerprint density at radius 1 is 0.865 bits per heavy atom. The molecule has 0 saturated heterocycles.